The van der Waals surface area contributed by atoms with Gasteiger partial charge in [-0.15, -0.1) is 0 Å². The summed E-state index contributed by atoms with van der Waals surface area (Å²) < 4.78 is 0. The molecule has 1 aliphatic heterocycles. The highest BCUT2D eigenvalue weighted by atomic mass is 35.5. The maximum Gasteiger partial charge on any atom is 0.348 e. The molecule has 2 rings (SSSR count). The fourth-order valence-corrected chi connectivity index (χ4v) is 2.52. The number of nitrogens with one attached hydrogen (secondary N) is 1. The van der Waals surface area contributed by atoms with Crippen molar-refractivity contribution in [3.8, 4) is 0 Å². The van der Waals surface area contributed by atoms with Gasteiger partial charge in [0.1, 0.15) is 6.33 Å². The molecule has 1 aliphatic rings. The Kier molecular flexibility index (Phi) is 4.33. The smallest absolute Gasteiger partial charge is 0.348 e. The van der Waals surface area contributed by atoms with Crippen LogP contribution in [0.25, 0.3) is 0 Å². The molecule has 1 unspecified atom stereocenters. The van der Waals surface area contributed by atoms with E-state index in [1.165, 1.54) is 6.33 Å². The van der Waals surface area contributed by atoms with Crippen LogP contribution in [-0.4, -0.2) is 40.9 Å². The third-order valence-electron chi connectivity index (χ3n) is 3.28. The molecule has 1 saturated heterocycles. The van der Waals surface area contributed by atoms with Crippen molar-refractivity contribution in [1.29, 1.82) is 0 Å². The Morgan fingerprint density at radius 1 is 1.60 bits per heavy atom. The van der Waals surface area contributed by atoms with Crippen molar-refractivity contribution in [2.45, 2.75) is 12.8 Å². The minimum Gasteiger partial charge on any atom is -0.359 e. The SMILES string of the molecule is CNC(=O)C1CCCN(c2ncnc(Cl)c2[N+](=O)[O-])C1. The van der Waals surface area contributed by atoms with E-state index in [1.54, 1.807) is 11.9 Å². The molecule has 1 N–H and O–H groups in total. The summed E-state index contributed by atoms with van der Waals surface area (Å²) in [6.07, 6.45) is 2.70. The number of carbonyl (C=O) groups is 1. The summed E-state index contributed by atoms with van der Waals surface area (Å²) in [6, 6.07) is 0. The molecule has 0 aliphatic carbocycles. The Labute approximate surface area is 120 Å². The highest BCUT2D eigenvalue weighted by molar-refractivity contribution is 6.31. The Bertz CT molecular complexity index is 539. The van der Waals surface area contributed by atoms with Gasteiger partial charge in [-0.05, 0) is 12.8 Å². The van der Waals surface area contributed by atoms with Crippen LogP contribution in [0, 0.1) is 16.0 Å². The second-order valence-corrected chi connectivity index (χ2v) is 4.85. The average molecular weight is 300 g/mol. The highest BCUT2D eigenvalue weighted by Crippen LogP contribution is 2.33. The molecule has 2 heterocycles. The standard InChI is InChI=1S/C11H14ClN5O3/c1-13-11(18)7-3-2-4-16(5-7)10-8(17(19)20)9(12)14-6-15-10/h6-7H,2-5H2,1H3,(H,13,18). The molecular formula is C11H14ClN5O3. The number of carbonyl (C=O) groups excluding carboxylic acids is 1. The minimum atomic E-state index is -0.596. The van der Waals surface area contributed by atoms with Crippen molar-refractivity contribution in [3.05, 3.63) is 21.6 Å². The summed E-state index contributed by atoms with van der Waals surface area (Å²) in [4.78, 5) is 31.5. The van der Waals surface area contributed by atoms with Crippen molar-refractivity contribution in [3.63, 3.8) is 0 Å². The fourth-order valence-electron chi connectivity index (χ4n) is 2.32. The van der Waals surface area contributed by atoms with Gasteiger partial charge in [0.05, 0.1) is 10.8 Å². The van der Waals surface area contributed by atoms with Crippen LogP contribution in [0.3, 0.4) is 0 Å². The molecule has 0 saturated carbocycles. The van der Waals surface area contributed by atoms with Crippen LogP contribution in [0.15, 0.2) is 6.33 Å². The van der Waals surface area contributed by atoms with Gasteiger partial charge in [-0.25, -0.2) is 9.97 Å². The van der Waals surface area contributed by atoms with Crippen LogP contribution in [0.4, 0.5) is 11.5 Å². The van der Waals surface area contributed by atoms with Gasteiger partial charge in [0.15, 0.2) is 0 Å². The Balaban J connectivity index is 2.30. The number of hydrogen-bond donors (Lipinski definition) is 1. The number of nitro groups is 1. The number of rotatable bonds is 3. The summed E-state index contributed by atoms with van der Waals surface area (Å²) in [5.74, 6) is -0.108. The second kappa shape index (κ2) is 6.00. The van der Waals surface area contributed by atoms with E-state index in [9.17, 15) is 14.9 Å². The Morgan fingerprint density at radius 2 is 2.35 bits per heavy atom. The lowest BCUT2D eigenvalue weighted by atomic mass is 9.97. The van der Waals surface area contributed by atoms with E-state index in [0.29, 0.717) is 13.1 Å². The largest absolute Gasteiger partial charge is 0.359 e. The second-order valence-electron chi connectivity index (χ2n) is 4.49. The number of hydrogen-bond acceptors (Lipinski definition) is 6. The number of amides is 1. The molecule has 20 heavy (non-hydrogen) atoms. The molecule has 108 valence electrons. The Morgan fingerprint density at radius 3 is 3.00 bits per heavy atom. The molecule has 1 amide bonds. The zero-order chi connectivity index (χ0) is 14.7. The predicted octanol–water partition coefficient (Wildman–Crippen LogP) is 1.00. The normalized spacial score (nSPS) is 18.7. The molecule has 0 bridgehead atoms. The van der Waals surface area contributed by atoms with Gasteiger partial charge in [-0.3, -0.25) is 14.9 Å². The fraction of sp³-hybridized carbons (Fsp3) is 0.545. The highest BCUT2D eigenvalue weighted by Gasteiger charge is 2.31. The first kappa shape index (κ1) is 14.4. The molecule has 1 fully saturated rings. The first-order valence-corrected chi connectivity index (χ1v) is 6.53. The van der Waals surface area contributed by atoms with Crippen LogP contribution in [0.2, 0.25) is 5.15 Å². The van der Waals surface area contributed by atoms with Gasteiger partial charge in [-0.1, -0.05) is 11.6 Å². The van der Waals surface area contributed by atoms with Crippen molar-refractivity contribution in [1.82, 2.24) is 15.3 Å². The topological polar surface area (TPSA) is 101 Å². The quantitative estimate of drug-likeness (QED) is 0.507. The van der Waals surface area contributed by atoms with E-state index < -0.39 is 4.92 Å². The molecule has 0 radical (unpaired) electrons. The van der Waals surface area contributed by atoms with E-state index >= 15 is 0 Å². The average Bonchev–Trinajstić information content (AvgIpc) is 2.45. The van der Waals surface area contributed by atoms with Crippen LogP contribution >= 0.6 is 11.6 Å². The summed E-state index contributed by atoms with van der Waals surface area (Å²) in [6.45, 7) is 0.982. The zero-order valence-electron chi connectivity index (χ0n) is 10.9. The van der Waals surface area contributed by atoms with Crippen LogP contribution in [-0.2, 0) is 4.79 Å². The third-order valence-corrected chi connectivity index (χ3v) is 3.56. The van der Waals surface area contributed by atoms with Crippen molar-refractivity contribution >= 4 is 29.0 Å². The predicted molar refractivity (Wildman–Crippen MR) is 72.7 cm³/mol. The Hall–Kier alpha value is -1.96. The monoisotopic (exact) mass is 299 g/mol. The lowest BCUT2D eigenvalue weighted by Gasteiger charge is -2.32. The molecule has 0 spiro atoms. The van der Waals surface area contributed by atoms with Crippen LogP contribution in [0.1, 0.15) is 12.8 Å². The number of piperidine rings is 1. The molecule has 1 aromatic heterocycles. The number of nitrogens with zero attached hydrogens (tertiary/aromatic N) is 4. The van der Waals surface area contributed by atoms with Crippen molar-refractivity contribution in [2.24, 2.45) is 5.92 Å². The van der Waals surface area contributed by atoms with E-state index in [-0.39, 0.29) is 28.5 Å². The van der Waals surface area contributed by atoms with Crippen LogP contribution in [0.5, 0.6) is 0 Å². The number of halogens is 1. The van der Waals surface area contributed by atoms with Gasteiger partial charge in [0, 0.05) is 20.1 Å². The number of aromatic nitrogens is 2. The summed E-state index contributed by atoms with van der Waals surface area (Å²) in [5, 5.41) is 13.5. The molecule has 1 atom stereocenters. The summed E-state index contributed by atoms with van der Waals surface area (Å²) in [5.41, 5.74) is -0.313. The minimum absolute atomic E-state index is 0.0718. The molecule has 0 aromatic carbocycles. The molecule has 9 heteroatoms. The van der Waals surface area contributed by atoms with Gasteiger partial charge >= 0.3 is 5.69 Å². The number of anilines is 1. The maximum absolute atomic E-state index is 11.7. The van der Waals surface area contributed by atoms with Crippen molar-refractivity contribution in [2.75, 3.05) is 25.0 Å². The first-order chi connectivity index (χ1) is 9.54. The van der Waals surface area contributed by atoms with Gasteiger partial charge in [0.25, 0.3) is 0 Å². The van der Waals surface area contributed by atoms with Crippen molar-refractivity contribution < 1.29 is 9.72 Å². The molecule has 1 aromatic rings. The van der Waals surface area contributed by atoms with Gasteiger partial charge in [-0.2, -0.15) is 0 Å². The first-order valence-electron chi connectivity index (χ1n) is 6.16. The zero-order valence-corrected chi connectivity index (χ0v) is 11.6. The van der Waals surface area contributed by atoms with E-state index in [0.717, 1.165) is 12.8 Å². The molecule has 8 nitrogen and oxygen atoms in total. The summed E-state index contributed by atoms with van der Waals surface area (Å²) in [7, 11) is 1.57. The van der Waals surface area contributed by atoms with Crippen LogP contribution < -0.4 is 10.2 Å². The lowest BCUT2D eigenvalue weighted by molar-refractivity contribution is -0.384. The third kappa shape index (κ3) is 2.79. The van der Waals surface area contributed by atoms with Gasteiger partial charge < -0.3 is 10.2 Å². The maximum atomic E-state index is 11.7. The van der Waals surface area contributed by atoms with E-state index in [4.69, 9.17) is 11.6 Å². The molecular weight excluding hydrogens is 286 g/mol. The van der Waals surface area contributed by atoms with Gasteiger partial charge in [0.2, 0.25) is 16.9 Å². The van der Waals surface area contributed by atoms with E-state index in [2.05, 4.69) is 15.3 Å². The lowest BCUT2D eigenvalue weighted by Crippen LogP contribution is -2.42. The summed E-state index contributed by atoms with van der Waals surface area (Å²) >= 11 is 5.77. The van der Waals surface area contributed by atoms with E-state index in [1.807, 2.05) is 0 Å².